The van der Waals surface area contributed by atoms with E-state index in [1.54, 1.807) is 12.4 Å². The Balaban J connectivity index is 1.87. The van der Waals surface area contributed by atoms with E-state index in [0.29, 0.717) is 0 Å². The SMILES string of the molecule is CC1C=NC(C(=O)N=C2N=c3ccccc3=N2)=CN1. The van der Waals surface area contributed by atoms with Gasteiger partial charge in [-0.3, -0.25) is 9.79 Å². The molecule has 0 saturated heterocycles. The Morgan fingerprint density at radius 3 is 2.53 bits per heavy atom. The number of fused-ring (bicyclic) bond motifs is 1. The van der Waals surface area contributed by atoms with Crippen LogP contribution in [0.15, 0.2) is 56.1 Å². The third-order valence-electron chi connectivity index (χ3n) is 2.66. The number of nitrogens with zero attached hydrogens (tertiary/aromatic N) is 4. The molecule has 0 fully saturated rings. The van der Waals surface area contributed by atoms with Crippen LogP contribution in [0.25, 0.3) is 0 Å². The number of carbonyl (C=O) groups excluding carboxylic acids is 1. The molecule has 1 aromatic carbocycles. The van der Waals surface area contributed by atoms with Gasteiger partial charge in [0.25, 0.3) is 11.9 Å². The van der Waals surface area contributed by atoms with E-state index in [0.717, 1.165) is 10.7 Å². The highest BCUT2D eigenvalue weighted by Crippen LogP contribution is 2.04. The number of aliphatic imine (C=N–C) groups is 2. The lowest BCUT2D eigenvalue weighted by atomic mass is 10.3. The number of hydrogen-bond donors (Lipinski definition) is 1. The van der Waals surface area contributed by atoms with Gasteiger partial charge in [-0.05, 0) is 19.1 Å². The molecule has 1 atom stereocenters. The van der Waals surface area contributed by atoms with Crippen molar-refractivity contribution in [1.29, 1.82) is 0 Å². The summed E-state index contributed by atoms with van der Waals surface area (Å²) in [7, 11) is 0. The maximum atomic E-state index is 11.9. The van der Waals surface area contributed by atoms with Gasteiger partial charge < -0.3 is 5.32 Å². The second kappa shape index (κ2) is 4.56. The van der Waals surface area contributed by atoms with Crippen LogP contribution in [0.5, 0.6) is 0 Å². The van der Waals surface area contributed by atoms with E-state index in [-0.39, 0.29) is 17.7 Å². The molecule has 3 rings (SSSR count). The molecule has 0 aliphatic carbocycles. The summed E-state index contributed by atoms with van der Waals surface area (Å²) >= 11 is 0. The molecule has 0 radical (unpaired) electrons. The zero-order valence-electron chi connectivity index (χ0n) is 10.2. The number of guanidine groups is 1. The van der Waals surface area contributed by atoms with Crippen molar-refractivity contribution in [3.8, 4) is 0 Å². The summed E-state index contributed by atoms with van der Waals surface area (Å²) in [4.78, 5) is 28.1. The number of para-hydroxylation sites is 2. The highest BCUT2D eigenvalue weighted by atomic mass is 16.1. The van der Waals surface area contributed by atoms with Crippen LogP contribution in [0.4, 0.5) is 0 Å². The highest BCUT2D eigenvalue weighted by Gasteiger charge is 2.13. The smallest absolute Gasteiger partial charge is 0.300 e. The second-order valence-corrected chi connectivity index (χ2v) is 4.19. The molecule has 1 unspecified atom stereocenters. The van der Waals surface area contributed by atoms with Gasteiger partial charge >= 0.3 is 0 Å². The van der Waals surface area contributed by atoms with E-state index in [1.807, 2.05) is 31.2 Å². The Kier molecular flexibility index (Phi) is 2.75. The van der Waals surface area contributed by atoms with Gasteiger partial charge in [0, 0.05) is 12.4 Å². The van der Waals surface area contributed by atoms with Crippen molar-refractivity contribution >= 4 is 18.1 Å². The Labute approximate surface area is 109 Å². The first-order valence-electron chi connectivity index (χ1n) is 5.88. The quantitative estimate of drug-likeness (QED) is 0.747. The summed E-state index contributed by atoms with van der Waals surface area (Å²) in [5, 5.41) is 4.44. The minimum absolute atomic E-state index is 0.120. The molecule has 0 saturated carbocycles. The van der Waals surface area contributed by atoms with E-state index >= 15 is 0 Å². The van der Waals surface area contributed by atoms with Gasteiger partial charge in [-0.25, -0.2) is 9.98 Å². The van der Waals surface area contributed by atoms with E-state index in [4.69, 9.17) is 0 Å². The van der Waals surface area contributed by atoms with Gasteiger partial charge in [-0.1, -0.05) is 12.1 Å². The molecular weight excluding hydrogens is 242 g/mol. The van der Waals surface area contributed by atoms with E-state index in [9.17, 15) is 4.79 Å². The minimum Gasteiger partial charge on any atom is -0.382 e. The molecule has 2 aliphatic rings. The van der Waals surface area contributed by atoms with Crippen molar-refractivity contribution in [1.82, 2.24) is 5.32 Å². The summed E-state index contributed by atoms with van der Waals surface area (Å²) < 4.78 is 0. The normalized spacial score (nSPS) is 19.7. The maximum Gasteiger partial charge on any atom is 0.300 e. The minimum atomic E-state index is -0.453. The Bertz CT molecular complexity index is 708. The summed E-state index contributed by atoms with van der Waals surface area (Å²) in [5.74, 6) is -0.285. The standard InChI is InChI=1S/C13H11N5O/c1-8-6-15-11(7-14-8)12(19)18-13-16-9-4-2-3-5-10(9)17-13/h2-8,14H,1H3. The van der Waals surface area contributed by atoms with Crippen LogP contribution in [-0.4, -0.2) is 24.1 Å². The lowest BCUT2D eigenvalue weighted by Crippen LogP contribution is -2.26. The molecule has 6 heteroatoms. The zero-order chi connectivity index (χ0) is 13.2. The van der Waals surface area contributed by atoms with Gasteiger partial charge in [0.15, 0.2) is 0 Å². The first-order valence-corrected chi connectivity index (χ1v) is 5.88. The van der Waals surface area contributed by atoms with Crippen molar-refractivity contribution in [2.75, 3.05) is 0 Å². The fourth-order valence-corrected chi connectivity index (χ4v) is 1.69. The molecular formula is C13H11N5O. The van der Waals surface area contributed by atoms with Gasteiger partial charge in [0.2, 0.25) is 0 Å². The molecule has 2 aliphatic heterocycles. The molecule has 1 amide bonds. The van der Waals surface area contributed by atoms with Gasteiger partial charge in [-0.2, -0.15) is 4.99 Å². The molecule has 1 aromatic rings. The fourth-order valence-electron chi connectivity index (χ4n) is 1.69. The van der Waals surface area contributed by atoms with E-state index in [2.05, 4.69) is 25.3 Å². The highest BCUT2D eigenvalue weighted by molar-refractivity contribution is 6.03. The molecule has 0 aromatic heterocycles. The van der Waals surface area contributed by atoms with Crippen LogP contribution >= 0.6 is 0 Å². The third kappa shape index (κ3) is 2.33. The Morgan fingerprint density at radius 1 is 1.26 bits per heavy atom. The lowest BCUT2D eigenvalue weighted by molar-refractivity contribution is -0.114. The maximum absolute atomic E-state index is 11.9. The van der Waals surface area contributed by atoms with E-state index < -0.39 is 5.91 Å². The van der Waals surface area contributed by atoms with Crippen molar-refractivity contribution in [2.24, 2.45) is 20.0 Å². The molecule has 19 heavy (non-hydrogen) atoms. The van der Waals surface area contributed by atoms with Crippen LogP contribution < -0.4 is 16.0 Å². The van der Waals surface area contributed by atoms with Gasteiger partial charge in [-0.15, -0.1) is 0 Å². The summed E-state index contributed by atoms with van der Waals surface area (Å²) in [6.45, 7) is 1.94. The molecule has 2 heterocycles. The zero-order valence-corrected chi connectivity index (χ0v) is 10.2. The van der Waals surface area contributed by atoms with Crippen LogP contribution in [0, 0.1) is 0 Å². The Hall–Kier alpha value is -2.63. The lowest BCUT2D eigenvalue weighted by Gasteiger charge is -2.10. The topological polar surface area (TPSA) is 78.5 Å². The largest absolute Gasteiger partial charge is 0.382 e. The monoisotopic (exact) mass is 253 g/mol. The fraction of sp³-hybridized carbons (Fsp3) is 0.154. The summed E-state index contributed by atoms with van der Waals surface area (Å²) in [6.07, 6.45) is 3.21. The molecule has 1 N–H and O–H groups in total. The van der Waals surface area contributed by atoms with Crippen molar-refractivity contribution in [3.63, 3.8) is 0 Å². The number of benzene rings is 1. The van der Waals surface area contributed by atoms with Gasteiger partial charge in [0.1, 0.15) is 5.70 Å². The van der Waals surface area contributed by atoms with Gasteiger partial charge in [0.05, 0.1) is 16.8 Å². The number of hydrogen-bond acceptors (Lipinski definition) is 3. The average molecular weight is 253 g/mol. The van der Waals surface area contributed by atoms with Crippen LogP contribution in [0.3, 0.4) is 0 Å². The van der Waals surface area contributed by atoms with Crippen LogP contribution in [0.1, 0.15) is 6.92 Å². The van der Waals surface area contributed by atoms with Crippen molar-refractivity contribution in [2.45, 2.75) is 13.0 Å². The first-order chi connectivity index (χ1) is 9.22. The third-order valence-corrected chi connectivity index (χ3v) is 2.66. The molecule has 0 bridgehead atoms. The predicted molar refractivity (Wildman–Crippen MR) is 70.4 cm³/mol. The molecule has 94 valence electrons. The van der Waals surface area contributed by atoms with Crippen molar-refractivity contribution in [3.05, 3.63) is 46.9 Å². The summed E-state index contributed by atoms with van der Waals surface area (Å²) in [6, 6.07) is 7.50. The van der Waals surface area contributed by atoms with Crippen LogP contribution in [-0.2, 0) is 4.79 Å². The summed E-state index contributed by atoms with van der Waals surface area (Å²) in [5.41, 5.74) is 0.256. The number of nitrogens with one attached hydrogen (secondary N) is 1. The second-order valence-electron chi connectivity index (χ2n) is 4.19. The van der Waals surface area contributed by atoms with Crippen LogP contribution in [0.2, 0.25) is 0 Å². The number of carbonyl (C=O) groups is 1. The molecule has 0 spiro atoms. The predicted octanol–water partition coefficient (Wildman–Crippen LogP) is -0.274. The van der Waals surface area contributed by atoms with Crippen molar-refractivity contribution < 1.29 is 4.79 Å². The average Bonchev–Trinajstić information content (AvgIpc) is 2.81. The van der Waals surface area contributed by atoms with E-state index in [1.165, 1.54) is 0 Å². The number of rotatable bonds is 1. The Morgan fingerprint density at radius 2 is 1.95 bits per heavy atom. The molecule has 6 nitrogen and oxygen atoms in total. The first kappa shape index (κ1) is 11.5. The number of amides is 1.